The highest BCUT2D eigenvalue weighted by Crippen LogP contribution is 2.12. The Morgan fingerprint density at radius 1 is 1.23 bits per heavy atom. The summed E-state index contributed by atoms with van der Waals surface area (Å²) in [5.41, 5.74) is 7.35. The van der Waals surface area contributed by atoms with Crippen molar-refractivity contribution in [1.29, 1.82) is 0 Å². The molecule has 0 atom stereocenters. The summed E-state index contributed by atoms with van der Waals surface area (Å²) in [7, 11) is 0. The van der Waals surface area contributed by atoms with Gasteiger partial charge in [-0.1, -0.05) is 0 Å². The smallest absolute Gasteiger partial charge is 0.0963 e. The van der Waals surface area contributed by atoms with Crippen LogP contribution in [0.3, 0.4) is 0 Å². The molecule has 2 N–H and O–H groups in total. The lowest BCUT2D eigenvalue weighted by Crippen LogP contribution is -2.05. The topological polar surface area (TPSA) is 64.7 Å². The van der Waals surface area contributed by atoms with E-state index in [4.69, 9.17) is 5.73 Å². The fourth-order valence-corrected chi connectivity index (χ4v) is 1.31. The number of pyridine rings is 1. The normalized spacial score (nSPS) is 10.5. The summed E-state index contributed by atoms with van der Waals surface area (Å²) in [6.07, 6.45) is 4.19. The summed E-state index contributed by atoms with van der Waals surface area (Å²) in [5.74, 6) is 0. The van der Waals surface area contributed by atoms with Crippen molar-refractivity contribution in [2.75, 3.05) is 6.54 Å². The van der Waals surface area contributed by atoms with Crippen LogP contribution < -0.4 is 5.73 Å². The van der Waals surface area contributed by atoms with Crippen molar-refractivity contribution in [3.8, 4) is 0 Å². The molecule has 0 saturated heterocycles. The number of hydrogen-bond acceptors (Lipinski definition) is 4. The lowest BCUT2D eigenvalue weighted by atomic mass is 10.2. The zero-order valence-corrected chi connectivity index (χ0v) is 7.14. The van der Waals surface area contributed by atoms with Gasteiger partial charge in [-0.25, -0.2) is 0 Å². The van der Waals surface area contributed by atoms with Gasteiger partial charge in [0.25, 0.3) is 0 Å². The van der Waals surface area contributed by atoms with Crippen LogP contribution in [0.25, 0.3) is 10.9 Å². The Morgan fingerprint density at radius 3 is 3.00 bits per heavy atom. The molecule has 0 fully saturated rings. The number of nitrogens with zero attached hydrogens (tertiary/aromatic N) is 3. The zero-order chi connectivity index (χ0) is 9.10. The first-order valence-corrected chi connectivity index (χ1v) is 4.17. The maximum absolute atomic E-state index is 5.48. The van der Waals surface area contributed by atoms with Crippen LogP contribution in [0.2, 0.25) is 0 Å². The van der Waals surface area contributed by atoms with Crippen molar-refractivity contribution in [2.24, 2.45) is 5.73 Å². The molecule has 0 spiro atoms. The maximum Gasteiger partial charge on any atom is 0.0963 e. The van der Waals surface area contributed by atoms with Crippen molar-refractivity contribution >= 4 is 10.9 Å². The van der Waals surface area contributed by atoms with E-state index in [1.807, 2.05) is 12.1 Å². The molecule has 66 valence electrons. The van der Waals surface area contributed by atoms with E-state index in [9.17, 15) is 0 Å². The van der Waals surface area contributed by atoms with E-state index in [1.165, 1.54) is 0 Å². The highest BCUT2D eigenvalue weighted by atomic mass is 15.1. The Labute approximate surface area is 75.8 Å². The van der Waals surface area contributed by atoms with Crippen molar-refractivity contribution in [3.63, 3.8) is 0 Å². The summed E-state index contributed by atoms with van der Waals surface area (Å²) in [6, 6.07) is 3.77. The van der Waals surface area contributed by atoms with Crippen LogP contribution >= 0.6 is 0 Å². The third-order valence-electron chi connectivity index (χ3n) is 1.90. The van der Waals surface area contributed by atoms with Crippen molar-refractivity contribution in [2.45, 2.75) is 6.42 Å². The van der Waals surface area contributed by atoms with Gasteiger partial charge in [-0.05, 0) is 18.7 Å². The molecule has 0 saturated carbocycles. The van der Waals surface area contributed by atoms with Crippen molar-refractivity contribution in [3.05, 3.63) is 30.2 Å². The summed E-state index contributed by atoms with van der Waals surface area (Å²) >= 11 is 0. The molecule has 0 radical (unpaired) electrons. The Hall–Kier alpha value is -1.55. The molecule has 4 heteroatoms. The molecule has 0 aromatic carbocycles. The molecule has 4 nitrogen and oxygen atoms in total. The van der Waals surface area contributed by atoms with Crippen LogP contribution in [0.1, 0.15) is 5.69 Å². The largest absolute Gasteiger partial charge is 0.330 e. The molecular formula is C9H10N4. The number of hydrogen-bond donors (Lipinski definition) is 1. The van der Waals surface area contributed by atoms with E-state index < -0.39 is 0 Å². The van der Waals surface area contributed by atoms with E-state index in [0.29, 0.717) is 6.54 Å². The molecule has 0 amide bonds. The van der Waals surface area contributed by atoms with E-state index in [0.717, 1.165) is 23.0 Å². The minimum absolute atomic E-state index is 0.606. The SMILES string of the molecule is NCCc1nccc2nnccc12. The molecule has 0 bridgehead atoms. The van der Waals surface area contributed by atoms with E-state index in [2.05, 4.69) is 15.2 Å². The highest BCUT2D eigenvalue weighted by Gasteiger charge is 2.00. The predicted octanol–water partition coefficient (Wildman–Crippen LogP) is 0.526. The minimum Gasteiger partial charge on any atom is -0.330 e. The Bertz CT molecular complexity index is 408. The van der Waals surface area contributed by atoms with E-state index in [1.54, 1.807) is 12.4 Å². The molecule has 2 rings (SSSR count). The second-order valence-corrected chi connectivity index (χ2v) is 2.76. The zero-order valence-electron chi connectivity index (χ0n) is 7.14. The third-order valence-corrected chi connectivity index (χ3v) is 1.90. The average Bonchev–Trinajstić information content (AvgIpc) is 2.19. The van der Waals surface area contributed by atoms with Crippen LogP contribution in [0, 0.1) is 0 Å². The number of aromatic nitrogens is 3. The van der Waals surface area contributed by atoms with Crippen LogP contribution in [0.15, 0.2) is 24.5 Å². The van der Waals surface area contributed by atoms with Crippen molar-refractivity contribution < 1.29 is 0 Å². The van der Waals surface area contributed by atoms with E-state index >= 15 is 0 Å². The Kier molecular flexibility index (Phi) is 2.14. The number of rotatable bonds is 2. The molecule has 13 heavy (non-hydrogen) atoms. The number of fused-ring (bicyclic) bond motifs is 1. The van der Waals surface area contributed by atoms with Gasteiger partial charge < -0.3 is 5.73 Å². The molecule has 0 aliphatic carbocycles. The molecule has 2 aromatic heterocycles. The monoisotopic (exact) mass is 174 g/mol. The summed E-state index contributed by atoms with van der Waals surface area (Å²) < 4.78 is 0. The first-order chi connectivity index (χ1) is 6.42. The van der Waals surface area contributed by atoms with Gasteiger partial charge in [-0.2, -0.15) is 10.2 Å². The van der Waals surface area contributed by atoms with Crippen molar-refractivity contribution in [1.82, 2.24) is 15.2 Å². The van der Waals surface area contributed by atoms with Crippen LogP contribution in [-0.2, 0) is 6.42 Å². The highest BCUT2D eigenvalue weighted by molar-refractivity contribution is 5.79. The van der Waals surface area contributed by atoms with Crippen LogP contribution in [0.5, 0.6) is 0 Å². The Balaban J connectivity index is 2.61. The fourth-order valence-electron chi connectivity index (χ4n) is 1.31. The van der Waals surface area contributed by atoms with Crippen LogP contribution in [0.4, 0.5) is 0 Å². The third kappa shape index (κ3) is 1.48. The summed E-state index contributed by atoms with van der Waals surface area (Å²) in [4.78, 5) is 4.25. The molecule has 2 aromatic rings. The van der Waals surface area contributed by atoms with Gasteiger partial charge in [-0.15, -0.1) is 0 Å². The van der Waals surface area contributed by atoms with Gasteiger partial charge in [0.05, 0.1) is 17.4 Å². The lowest BCUT2D eigenvalue weighted by Gasteiger charge is -2.01. The second kappa shape index (κ2) is 3.45. The Morgan fingerprint density at radius 2 is 2.15 bits per heavy atom. The second-order valence-electron chi connectivity index (χ2n) is 2.76. The predicted molar refractivity (Wildman–Crippen MR) is 50.1 cm³/mol. The first kappa shape index (κ1) is 8.07. The fraction of sp³-hybridized carbons (Fsp3) is 0.222. The first-order valence-electron chi connectivity index (χ1n) is 4.17. The van der Waals surface area contributed by atoms with Gasteiger partial charge in [0, 0.05) is 18.0 Å². The van der Waals surface area contributed by atoms with Gasteiger partial charge in [0.15, 0.2) is 0 Å². The number of nitrogens with two attached hydrogens (primary N) is 1. The molecular weight excluding hydrogens is 164 g/mol. The average molecular weight is 174 g/mol. The van der Waals surface area contributed by atoms with Gasteiger partial charge >= 0.3 is 0 Å². The van der Waals surface area contributed by atoms with Gasteiger partial charge in [0.2, 0.25) is 0 Å². The standard InChI is InChI=1S/C9H10N4/c10-4-1-8-7-2-6-12-13-9(7)3-5-11-8/h2-3,5-6H,1,4,10H2. The molecule has 0 aliphatic rings. The maximum atomic E-state index is 5.48. The molecule has 0 aliphatic heterocycles. The summed E-state index contributed by atoms with van der Waals surface area (Å²) in [6.45, 7) is 0.606. The van der Waals surface area contributed by atoms with Gasteiger partial charge in [0.1, 0.15) is 0 Å². The summed E-state index contributed by atoms with van der Waals surface area (Å²) in [5, 5.41) is 8.84. The molecule has 2 heterocycles. The minimum atomic E-state index is 0.606. The van der Waals surface area contributed by atoms with Crippen LogP contribution in [-0.4, -0.2) is 21.7 Å². The molecule has 0 unspecified atom stereocenters. The van der Waals surface area contributed by atoms with E-state index in [-0.39, 0.29) is 0 Å². The quantitative estimate of drug-likeness (QED) is 0.721. The lowest BCUT2D eigenvalue weighted by molar-refractivity contribution is 0.931. The van der Waals surface area contributed by atoms with Gasteiger partial charge in [-0.3, -0.25) is 4.98 Å².